The Hall–Kier alpha value is -2.37. The molecule has 4 rings (SSSR count). The molecule has 3 aromatic rings. The maximum absolute atomic E-state index is 12.7. The highest BCUT2D eigenvalue weighted by atomic mass is 35.5. The minimum absolute atomic E-state index is 0.0719. The molecule has 0 spiro atoms. The largest absolute Gasteiger partial charge is 0.371 e. The normalized spacial score (nSPS) is 20.4. The topological polar surface area (TPSA) is 55.6 Å². The van der Waals surface area contributed by atoms with Crippen LogP contribution in [0.5, 0.6) is 0 Å². The van der Waals surface area contributed by atoms with Crippen LogP contribution in [-0.4, -0.2) is 28.2 Å². The van der Waals surface area contributed by atoms with Gasteiger partial charge in [-0.2, -0.15) is 5.10 Å². The molecule has 1 fully saturated rings. The predicted molar refractivity (Wildman–Crippen MR) is 91.2 cm³/mol. The lowest BCUT2D eigenvalue weighted by Crippen LogP contribution is -2.36. The molecular formula is C18H16ClN3O2. The van der Waals surface area contributed by atoms with Crippen molar-refractivity contribution in [3.05, 3.63) is 71.0 Å². The van der Waals surface area contributed by atoms with Crippen LogP contribution in [0.2, 0.25) is 5.02 Å². The van der Waals surface area contributed by atoms with Crippen LogP contribution in [0.1, 0.15) is 28.4 Å². The van der Waals surface area contributed by atoms with Gasteiger partial charge in [0.2, 0.25) is 0 Å². The van der Waals surface area contributed by atoms with Crippen molar-refractivity contribution in [2.24, 2.45) is 0 Å². The molecule has 1 aromatic carbocycles. The highest BCUT2D eigenvalue weighted by Gasteiger charge is 2.31. The number of fused-ring (bicyclic) bond motifs is 1. The van der Waals surface area contributed by atoms with E-state index < -0.39 is 0 Å². The Morgan fingerprint density at radius 1 is 1.25 bits per heavy atom. The van der Waals surface area contributed by atoms with Crippen LogP contribution >= 0.6 is 11.6 Å². The van der Waals surface area contributed by atoms with Gasteiger partial charge >= 0.3 is 0 Å². The van der Waals surface area contributed by atoms with Crippen LogP contribution in [0.3, 0.4) is 0 Å². The fraction of sp³-hybridized carbons (Fsp3) is 0.222. The van der Waals surface area contributed by atoms with Gasteiger partial charge in [-0.15, -0.1) is 0 Å². The molecule has 24 heavy (non-hydrogen) atoms. The summed E-state index contributed by atoms with van der Waals surface area (Å²) in [5.41, 5.74) is 2.37. The maximum Gasteiger partial charge on any atom is 0.255 e. The summed E-state index contributed by atoms with van der Waals surface area (Å²) in [6.45, 7) is 0.618. The molecule has 1 N–H and O–H groups in total. The van der Waals surface area contributed by atoms with Crippen molar-refractivity contribution in [3.8, 4) is 0 Å². The molecule has 5 nitrogen and oxygen atoms in total. The molecule has 0 bridgehead atoms. The summed E-state index contributed by atoms with van der Waals surface area (Å²) in [4.78, 5) is 12.7. The van der Waals surface area contributed by atoms with Gasteiger partial charge < -0.3 is 10.1 Å². The first-order valence-corrected chi connectivity index (χ1v) is 8.20. The number of carbonyl (C=O) groups is 1. The number of halogens is 1. The molecule has 3 heterocycles. The molecule has 2 unspecified atom stereocenters. The van der Waals surface area contributed by atoms with E-state index >= 15 is 0 Å². The van der Waals surface area contributed by atoms with Crippen LogP contribution in [-0.2, 0) is 4.74 Å². The summed E-state index contributed by atoms with van der Waals surface area (Å²) in [5, 5.41) is 7.98. The van der Waals surface area contributed by atoms with Gasteiger partial charge in [0.05, 0.1) is 23.3 Å². The number of benzene rings is 1. The Morgan fingerprint density at radius 2 is 2.08 bits per heavy atom. The summed E-state index contributed by atoms with van der Waals surface area (Å²) in [7, 11) is 0. The van der Waals surface area contributed by atoms with E-state index in [1.54, 1.807) is 10.7 Å². The highest BCUT2D eigenvalue weighted by molar-refractivity contribution is 6.30. The first kappa shape index (κ1) is 15.2. The second-order valence-corrected chi connectivity index (χ2v) is 6.24. The molecule has 1 saturated heterocycles. The lowest BCUT2D eigenvalue weighted by Gasteiger charge is -2.20. The van der Waals surface area contributed by atoms with Gasteiger partial charge in [0.25, 0.3) is 5.91 Å². The summed E-state index contributed by atoms with van der Waals surface area (Å²) >= 11 is 5.94. The number of hydrogen-bond donors (Lipinski definition) is 1. The van der Waals surface area contributed by atoms with Crippen molar-refractivity contribution >= 4 is 23.0 Å². The molecule has 1 aliphatic rings. The lowest BCUT2D eigenvalue weighted by molar-refractivity contribution is 0.0823. The van der Waals surface area contributed by atoms with Gasteiger partial charge in [0.1, 0.15) is 6.10 Å². The van der Waals surface area contributed by atoms with E-state index in [2.05, 4.69) is 10.4 Å². The summed E-state index contributed by atoms with van der Waals surface area (Å²) in [6, 6.07) is 13.1. The Bertz CT molecular complexity index is 875. The van der Waals surface area contributed by atoms with Crippen molar-refractivity contribution in [3.63, 3.8) is 0 Å². The van der Waals surface area contributed by atoms with E-state index in [-0.39, 0.29) is 18.1 Å². The zero-order valence-corrected chi connectivity index (χ0v) is 13.6. The number of aromatic nitrogens is 2. The van der Waals surface area contributed by atoms with Crippen LogP contribution in [0.4, 0.5) is 0 Å². The first-order valence-electron chi connectivity index (χ1n) is 7.83. The molecule has 0 radical (unpaired) electrons. The molecule has 1 amide bonds. The zero-order valence-electron chi connectivity index (χ0n) is 12.9. The van der Waals surface area contributed by atoms with Crippen molar-refractivity contribution in [1.82, 2.24) is 14.9 Å². The van der Waals surface area contributed by atoms with E-state index in [9.17, 15) is 4.79 Å². The molecule has 2 atom stereocenters. The summed E-state index contributed by atoms with van der Waals surface area (Å²) in [5.74, 6) is -0.134. The smallest absolute Gasteiger partial charge is 0.255 e. The minimum atomic E-state index is -0.159. The third-order valence-corrected chi connectivity index (χ3v) is 4.53. The van der Waals surface area contributed by atoms with E-state index in [4.69, 9.17) is 16.3 Å². The maximum atomic E-state index is 12.7. The molecule has 2 aromatic heterocycles. The Morgan fingerprint density at radius 3 is 2.92 bits per heavy atom. The van der Waals surface area contributed by atoms with Crippen LogP contribution in [0.15, 0.2) is 54.9 Å². The molecule has 1 aliphatic heterocycles. The Balaban J connectivity index is 1.55. The second-order valence-electron chi connectivity index (χ2n) is 5.80. The highest BCUT2D eigenvalue weighted by Crippen LogP contribution is 2.30. The van der Waals surface area contributed by atoms with Crippen molar-refractivity contribution in [2.45, 2.75) is 18.6 Å². The average Bonchev–Trinajstić information content (AvgIpc) is 3.22. The van der Waals surface area contributed by atoms with Crippen LogP contribution < -0.4 is 5.32 Å². The van der Waals surface area contributed by atoms with Gasteiger partial charge in [0.15, 0.2) is 0 Å². The van der Waals surface area contributed by atoms with E-state index in [0.717, 1.165) is 17.5 Å². The van der Waals surface area contributed by atoms with E-state index in [1.165, 1.54) is 0 Å². The quantitative estimate of drug-likeness (QED) is 0.795. The standard InChI is InChI=1S/C18H16ClN3O2/c19-13-6-4-12(5-7-13)17-15(8-10-24-17)21-18(23)14-11-20-22-9-2-1-3-16(14)22/h1-7,9,11,15,17H,8,10H2,(H,21,23). The SMILES string of the molecule is O=C(NC1CCOC1c1ccc(Cl)cc1)c1cnn2ccccc12. The molecule has 122 valence electrons. The number of amides is 1. The minimum Gasteiger partial charge on any atom is -0.371 e. The number of rotatable bonds is 3. The van der Waals surface area contributed by atoms with Crippen molar-refractivity contribution < 1.29 is 9.53 Å². The molecule has 0 saturated carbocycles. The van der Waals surface area contributed by atoms with Gasteiger partial charge in [-0.1, -0.05) is 29.8 Å². The van der Waals surface area contributed by atoms with Crippen molar-refractivity contribution in [2.75, 3.05) is 6.61 Å². The number of nitrogens with one attached hydrogen (secondary N) is 1. The number of pyridine rings is 1. The van der Waals surface area contributed by atoms with Gasteiger partial charge in [0, 0.05) is 17.8 Å². The van der Waals surface area contributed by atoms with Crippen LogP contribution in [0, 0.1) is 0 Å². The summed E-state index contributed by atoms with van der Waals surface area (Å²) in [6.07, 6.45) is 4.03. The third kappa shape index (κ3) is 2.77. The fourth-order valence-electron chi connectivity index (χ4n) is 3.07. The number of hydrogen-bond acceptors (Lipinski definition) is 3. The van der Waals surface area contributed by atoms with Gasteiger partial charge in [-0.05, 0) is 36.2 Å². The van der Waals surface area contributed by atoms with E-state index in [1.807, 2.05) is 48.7 Å². The fourth-order valence-corrected chi connectivity index (χ4v) is 3.20. The predicted octanol–water partition coefficient (Wildman–Crippen LogP) is 3.25. The third-order valence-electron chi connectivity index (χ3n) is 4.28. The van der Waals surface area contributed by atoms with Crippen LogP contribution in [0.25, 0.3) is 5.52 Å². The lowest BCUT2D eigenvalue weighted by atomic mass is 10.0. The van der Waals surface area contributed by atoms with Gasteiger partial charge in [-0.25, -0.2) is 4.52 Å². The average molecular weight is 342 g/mol. The molecule has 0 aliphatic carbocycles. The van der Waals surface area contributed by atoms with E-state index in [0.29, 0.717) is 17.2 Å². The number of ether oxygens (including phenoxy) is 1. The molecular weight excluding hydrogens is 326 g/mol. The molecule has 6 heteroatoms. The monoisotopic (exact) mass is 341 g/mol. The zero-order chi connectivity index (χ0) is 16.5. The number of carbonyl (C=O) groups excluding carboxylic acids is 1. The number of nitrogens with zero attached hydrogens (tertiary/aromatic N) is 2. The Kier molecular flexibility index (Phi) is 3.96. The van der Waals surface area contributed by atoms with Crippen molar-refractivity contribution in [1.29, 1.82) is 0 Å². The Labute approximate surface area is 144 Å². The second kappa shape index (κ2) is 6.26. The summed E-state index contributed by atoms with van der Waals surface area (Å²) < 4.78 is 7.51. The van der Waals surface area contributed by atoms with Gasteiger partial charge in [-0.3, -0.25) is 4.79 Å². The first-order chi connectivity index (χ1) is 11.7.